The van der Waals surface area contributed by atoms with Gasteiger partial charge in [-0.25, -0.2) is 0 Å². The van der Waals surface area contributed by atoms with Crippen LogP contribution in [0.4, 0.5) is 0 Å². The minimum Gasteiger partial charge on any atom is -0.504 e. The van der Waals surface area contributed by atoms with Gasteiger partial charge in [0.15, 0.2) is 11.5 Å². The molecule has 2 aliphatic heterocycles. The second-order valence-electron chi connectivity index (χ2n) is 8.76. The van der Waals surface area contributed by atoms with Gasteiger partial charge in [0.25, 0.3) is 0 Å². The first-order chi connectivity index (χ1) is 16.0. The van der Waals surface area contributed by atoms with E-state index in [9.17, 15) is 5.11 Å². The van der Waals surface area contributed by atoms with Crippen LogP contribution in [0.2, 0.25) is 0 Å². The van der Waals surface area contributed by atoms with E-state index in [4.69, 9.17) is 18.9 Å². The van der Waals surface area contributed by atoms with Gasteiger partial charge in [-0.05, 0) is 47.5 Å². The Bertz CT molecular complexity index is 1380. The summed E-state index contributed by atoms with van der Waals surface area (Å²) >= 11 is 0. The third kappa shape index (κ3) is 3.15. The Balaban J connectivity index is 1.28. The van der Waals surface area contributed by atoms with Crippen LogP contribution in [-0.2, 0) is 12.2 Å². The molecule has 2 heterocycles. The molecule has 2 aliphatic rings. The minimum atomic E-state index is -0.592. The Morgan fingerprint density at radius 3 is 2.67 bits per heavy atom. The van der Waals surface area contributed by atoms with Crippen molar-refractivity contribution in [3.63, 3.8) is 0 Å². The Morgan fingerprint density at radius 2 is 1.82 bits per heavy atom. The van der Waals surface area contributed by atoms with E-state index < -0.39 is 5.60 Å². The highest BCUT2D eigenvalue weighted by molar-refractivity contribution is 5.83. The number of methoxy groups -OCH3 is 1. The summed E-state index contributed by atoms with van der Waals surface area (Å²) in [6.45, 7) is 2.88. The van der Waals surface area contributed by atoms with Gasteiger partial charge in [0.05, 0.1) is 19.6 Å². The number of fused-ring (bicyclic) bond motifs is 6. The molecule has 1 N–H and O–H groups in total. The van der Waals surface area contributed by atoms with Crippen LogP contribution in [0, 0.1) is 0 Å². The number of benzene rings is 4. The predicted molar refractivity (Wildman–Crippen MR) is 126 cm³/mol. The molecule has 0 saturated carbocycles. The van der Waals surface area contributed by atoms with Crippen LogP contribution in [0.15, 0.2) is 72.8 Å². The molecule has 33 heavy (non-hydrogen) atoms. The van der Waals surface area contributed by atoms with Gasteiger partial charge < -0.3 is 24.1 Å². The second-order valence-corrected chi connectivity index (χ2v) is 8.76. The number of hydrogen-bond acceptors (Lipinski definition) is 5. The summed E-state index contributed by atoms with van der Waals surface area (Å²) in [6, 6.07) is 23.8. The van der Waals surface area contributed by atoms with Crippen LogP contribution in [0.25, 0.3) is 10.8 Å². The molecule has 0 fully saturated rings. The molecular formula is C28H24O5. The monoisotopic (exact) mass is 440 g/mol. The fourth-order valence-electron chi connectivity index (χ4n) is 4.95. The number of aromatic hydroxyl groups is 1. The van der Waals surface area contributed by atoms with Crippen molar-refractivity contribution in [2.45, 2.75) is 25.0 Å². The lowest BCUT2D eigenvalue weighted by Gasteiger charge is -2.37. The summed E-state index contributed by atoms with van der Waals surface area (Å²) in [6.07, 6.45) is 0. The number of rotatable bonds is 4. The Labute approximate surface area is 192 Å². The number of phenols is 1. The van der Waals surface area contributed by atoms with Crippen LogP contribution in [0.1, 0.15) is 29.5 Å². The maximum Gasteiger partial charge on any atom is 0.165 e. The lowest BCUT2D eigenvalue weighted by Crippen LogP contribution is -2.38. The van der Waals surface area contributed by atoms with Crippen LogP contribution < -0.4 is 18.9 Å². The van der Waals surface area contributed by atoms with Gasteiger partial charge in [-0.15, -0.1) is 0 Å². The van der Waals surface area contributed by atoms with E-state index in [-0.39, 0.29) is 11.7 Å². The summed E-state index contributed by atoms with van der Waals surface area (Å²) in [7, 11) is 1.64. The molecular weight excluding hydrogens is 416 g/mol. The average molecular weight is 440 g/mol. The van der Waals surface area contributed by atoms with Crippen LogP contribution in [0.3, 0.4) is 0 Å². The number of ether oxygens (including phenoxy) is 4. The molecule has 0 bridgehead atoms. The van der Waals surface area contributed by atoms with Gasteiger partial charge in [-0.3, -0.25) is 0 Å². The zero-order valence-electron chi connectivity index (χ0n) is 18.5. The lowest BCUT2D eigenvalue weighted by molar-refractivity contribution is 0.0432. The van der Waals surface area contributed by atoms with Crippen molar-refractivity contribution in [2.24, 2.45) is 0 Å². The Kier molecular flexibility index (Phi) is 4.40. The molecule has 166 valence electrons. The van der Waals surface area contributed by atoms with Gasteiger partial charge in [-0.1, -0.05) is 36.4 Å². The van der Waals surface area contributed by atoms with E-state index in [0.717, 1.165) is 33.6 Å². The van der Waals surface area contributed by atoms with Crippen molar-refractivity contribution >= 4 is 10.8 Å². The zero-order valence-corrected chi connectivity index (χ0v) is 18.5. The van der Waals surface area contributed by atoms with Crippen molar-refractivity contribution < 1.29 is 24.1 Å². The first-order valence-corrected chi connectivity index (χ1v) is 11.0. The third-order valence-electron chi connectivity index (χ3n) is 6.79. The summed E-state index contributed by atoms with van der Waals surface area (Å²) in [4.78, 5) is 0. The molecule has 0 saturated heterocycles. The fraction of sp³-hybridized carbons (Fsp3) is 0.214. The molecule has 4 aromatic rings. The molecule has 0 spiro atoms. The van der Waals surface area contributed by atoms with Gasteiger partial charge in [0.2, 0.25) is 0 Å². The maximum atomic E-state index is 10.7. The van der Waals surface area contributed by atoms with Crippen molar-refractivity contribution in [3.8, 4) is 28.7 Å². The standard InChI is InChI=1S/C28H24O5/c1-28-22-10-9-20(30-2)12-26(22)32-16-23(28)21-13-24(29)27(14-25(21)33-28)31-15-17-7-8-18-5-3-4-6-19(18)11-17/h3-14,23,29H,15-16H2,1-2H3/t23-,28-/m1/s1. The number of hydrogen-bond donors (Lipinski definition) is 1. The van der Waals surface area contributed by atoms with Crippen LogP contribution in [-0.4, -0.2) is 18.8 Å². The smallest absolute Gasteiger partial charge is 0.165 e. The average Bonchev–Trinajstić information content (AvgIpc) is 3.13. The predicted octanol–water partition coefficient (Wildman–Crippen LogP) is 5.92. The van der Waals surface area contributed by atoms with E-state index in [1.807, 2.05) is 36.4 Å². The molecule has 4 aromatic carbocycles. The first-order valence-electron chi connectivity index (χ1n) is 11.0. The van der Waals surface area contributed by atoms with E-state index in [2.05, 4.69) is 31.2 Å². The normalized spacial score (nSPS) is 20.2. The molecule has 0 aromatic heterocycles. The highest BCUT2D eigenvalue weighted by Gasteiger charge is 2.51. The van der Waals surface area contributed by atoms with Crippen molar-refractivity contribution in [1.29, 1.82) is 0 Å². The SMILES string of the molecule is COc1ccc2c(c1)OC[C@@H]1c3cc(O)c(OCc4ccc5ccccc5c4)cc3O[C@]21C. The largest absolute Gasteiger partial charge is 0.504 e. The Hall–Kier alpha value is -3.86. The van der Waals surface area contributed by atoms with Gasteiger partial charge >= 0.3 is 0 Å². The van der Waals surface area contributed by atoms with Gasteiger partial charge in [0, 0.05) is 23.3 Å². The summed E-state index contributed by atoms with van der Waals surface area (Å²) in [5.74, 6) is 2.68. The molecule has 5 nitrogen and oxygen atoms in total. The molecule has 0 radical (unpaired) electrons. The zero-order chi connectivity index (χ0) is 22.6. The molecule has 0 aliphatic carbocycles. The molecule has 0 unspecified atom stereocenters. The van der Waals surface area contributed by atoms with E-state index >= 15 is 0 Å². The highest BCUT2D eigenvalue weighted by atomic mass is 16.5. The number of phenolic OH excluding ortho intramolecular Hbond substituents is 1. The van der Waals surface area contributed by atoms with E-state index in [1.54, 1.807) is 19.2 Å². The van der Waals surface area contributed by atoms with Gasteiger partial charge in [0.1, 0.15) is 29.5 Å². The molecule has 0 amide bonds. The maximum absolute atomic E-state index is 10.7. The molecule has 6 rings (SSSR count). The summed E-state index contributed by atoms with van der Waals surface area (Å²) in [5.41, 5.74) is 2.33. The molecule has 2 atom stereocenters. The van der Waals surface area contributed by atoms with Gasteiger partial charge in [-0.2, -0.15) is 0 Å². The van der Waals surface area contributed by atoms with E-state index in [1.165, 1.54) is 5.39 Å². The highest BCUT2D eigenvalue weighted by Crippen LogP contribution is 2.57. The summed E-state index contributed by atoms with van der Waals surface area (Å²) < 4.78 is 23.9. The minimum absolute atomic E-state index is 0.0335. The Morgan fingerprint density at radius 1 is 0.970 bits per heavy atom. The van der Waals surface area contributed by atoms with Crippen LogP contribution >= 0.6 is 0 Å². The van der Waals surface area contributed by atoms with Crippen molar-refractivity contribution in [2.75, 3.05) is 13.7 Å². The van der Waals surface area contributed by atoms with Crippen LogP contribution in [0.5, 0.6) is 28.7 Å². The topological polar surface area (TPSA) is 57.2 Å². The lowest BCUT2D eigenvalue weighted by atomic mass is 9.79. The van der Waals surface area contributed by atoms with E-state index in [0.29, 0.717) is 24.7 Å². The van der Waals surface area contributed by atoms with Crippen molar-refractivity contribution in [3.05, 3.63) is 89.5 Å². The quantitative estimate of drug-likeness (QED) is 0.427. The fourth-order valence-corrected chi connectivity index (χ4v) is 4.95. The third-order valence-corrected chi connectivity index (χ3v) is 6.79. The summed E-state index contributed by atoms with van der Waals surface area (Å²) in [5, 5.41) is 13.1. The molecule has 5 heteroatoms. The van der Waals surface area contributed by atoms with Crippen molar-refractivity contribution in [1.82, 2.24) is 0 Å². The first kappa shape index (κ1) is 19.8. The second kappa shape index (κ2) is 7.34.